The number of benzene rings is 2. The minimum absolute atomic E-state index is 0.0817. The maximum absolute atomic E-state index is 13.0. The number of aromatic nitrogens is 1. The highest BCUT2D eigenvalue weighted by atomic mass is 35.5. The van der Waals surface area contributed by atoms with Gasteiger partial charge in [0.25, 0.3) is 5.91 Å². The molecular weight excluding hydrogens is 547 g/mol. The molecule has 0 radical (unpaired) electrons. The van der Waals surface area contributed by atoms with Gasteiger partial charge in [0.15, 0.2) is 5.13 Å². The van der Waals surface area contributed by atoms with Gasteiger partial charge in [-0.25, -0.2) is 9.78 Å². The number of amides is 1. The quantitative estimate of drug-likeness (QED) is 0.199. The van der Waals surface area contributed by atoms with Crippen molar-refractivity contribution >= 4 is 57.6 Å². The van der Waals surface area contributed by atoms with E-state index in [0.29, 0.717) is 30.5 Å². The van der Waals surface area contributed by atoms with Crippen molar-refractivity contribution in [2.45, 2.75) is 32.6 Å². The van der Waals surface area contributed by atoms with Crippen LogP contribution in [0, 0.1) is 0 Å². The number of ether oxygens (including phenoxy) is 2. The van der Waals surface area contributed by atoms with Gasteiger partial charge in [-0.2, -0.15) is 0 Å². The number of carboxylic acid groups (broad SMARTS) is 1. The van der Waals surface area contributed by atoms with Crippen LogP contribution in [0.3, 0.4) is 0 Å². The fraction of sp³-hybridized carbons (Fsp3) is 0.321. The van der Waals surface area contributed by atoms with Crippen molar-refractivity contribution in [2.75, 3.05) is 32.2 Å². The molecule has 2 aromatic carbocycles. The number of carbonyl (C=O) groups is 2. The van der Waals surface area contributed by atoms with Gasteiger partial charge in [-0.15, -0.1) is 11.3 Å². The number of thiazole rings is 1. The topological polar surface area (TPSA) is 97.8 Å². The summed E-state index contributed by atoms with van der Waals surface area (Å²) in [5, 5.41) is 12.9. The van der Waals surface area contributed by atoms with E-state index < -0.39 is 11.9 Å². The monoisotopic (exact) mass is 574 g/mol. The van der Waals surface area contributed by atoms with Crippen LogP contribution in [-0.4, -0.2) is 48.9 Å². The molecule has 1 amide bonds. The van der Waals surface area contributed by atoms with Gasteiger partial charge >= 0.3 is 5.97 Å². The first kappa shape index (κ1) is 28.3. The standard InChI is InChI=1S/C28H28Cl2N2O5S/c1-16(27(34)35)13-21-22(29)14-18(15-23(21)30)26(33)32-28-31-25-20-7-3-5-17(6-4-10-37-12-11-36-2)19(20)8-9-24(25)38-28/h3,5,7,13-15H,4,6,8-12H2,1-2H3,(H,34,35)(H,31,32,33). The average molecular weight is 576 g/mol. The summed E-state index contributed by atoms with van der Waals surface area (Å²) in [5.41, 5.74) is 5.32. The average Bonchev–Trinajstić information content (AvgIpc) is 3.30. The zero-order chi connectivity index (χ0) is 27.2. The molecule has 4 rings (SSSR count). The number of hydrogen-bond acceptors (Lipinski definition) is 6. The minimum atomic E-state index is -1.08. The van der Waals surface area contributed by atoms with E-state index >= 15 is 0 Å². The first-order valence-electron chi connectivity index (χ1n) is 12.2. The molecule has 1 aromatic heterocycles. The number of aryl methyl sites for hydroxylation is 2. The molecule has 38 heavy (non-hydrogen) atoms. The Balaban J connectivity index is 1.48. The SMILES string of the molecule is COCCOCCCc1cccc2c1CCc1sc(NC(=O)c3cc(Cl)c(C=C(C)C(=O)O)c(Cl)c3)nc1-2. The molecule has 3 aromatic rings. The fourth-order valence-electron chi connectivity index (χ4n) is 4.32. The van der Waals surface area contributed by atoms with Gasteiger partial charge in [0.05, 0.1) is 29.0 Å². The van der Waals surface area contributed by atoms with Crippen molar-refractivity contribution in [3.8, 4) is 11.3 Å². The number of carbonyl (C=O) groups excluding carboxylic acids is 1. The lowest BCUT2D eigenvalue weighted by Crippen LogP contribution is -2.12. The highest BCUT2D eigenvalue weighted by molar-refractivity contribution is 7.16. The summed E-state index contributed by atoms with van der Waals surface area (Å²) in [5.74, 6) is -1.47. The maximum Gasteiger partial charge on any atom is 0.331 e. The van der Waals surface area contributed by atoms with E-state index in [1.165, 1.54) is 47.6 Å². The van der Waals surface area contributed by atoms with Crippen LogP contribution in [0.2, 0.25) is 10.0 Å². The minimum Gasteiger partial charge on any atom is -0.478 e. The number of rotatable bonds is 11. The van der Waals surface area contributed by atoms with Crippen LogP contribution in [-0.2, 0) is 33.5 Å². The third-order valence-corrected chi connectivity index (χ3v) is 7.91. The third kappa shape index (κ3) is 6.62. The summed E-state index contributed by atoms with van der Waals surface area (Å²) in [7, 11) is 1.66. The van der Waals surface area contributed by atoms with E-state index in [1.54, 1.807) is 7.11 Å². The van der Waals surface area contributed by atoms with E-state index in [4.69, 9.17) is 42.8 Å². The van der Waals surface area contributed by atoms with Crippen molar-refractivity contribution < 1.29 is 24.2 Å². The zero-order valence-corrected chi connectivity index (χ0v) is 23.4. The smallest absolute Gasteiger partial charge is 0.331 e. The Kier molecular flexibility index (Phi) is 9.57. The fourth-order valence-corrected chi connectivity index (χ4v) is 5.89. The number of nitrogens with one attached hydrogen (secondary N) is 1. The molecule has 0 fully saturated rings. The summed E-state index contributed by atoms with van der Waals surface area (Å²) in [6.45, 7) is 3.33. The van der Waals surface area contributed by atoms with Crippen LogP contribution in [0.15, 0.2) is 35.9 Å². The van der Waals surface area contributed by atoms with Crippen LogP contribution >= 0.6 is 34.5 Å². The number of carboxylic acids is 1. The second kappa shape index (κ2) is 12.9. The Morgan fingerprint density at radius 3 is 2.63 bits per heavy atom. The van der Waals surface area contributed by atoms with Crippen molar-refractivity contribution in [1.29, 1.82) is 0 Å². The predicted octanol–water partition coefficient (Wildman–Crippen LogP) is 6.55. The largest absolute Gasteiger partial charge is 0.478 e. The lowest BCUT2D eigenvalue weighted by atomic mass is 9.88. The highest BCUT2D eigenvalue weighted by Crippen LogP contribution is 2.40. The molecule has 0 bridgehead atoms. The summed E-state index contributed by atoms with van der Waals surface area (Å²) in [6, 6.07) is 9.24. The van der Waals surface area contributed by atoms with Crippen LogP contribution in [0.1, 0.15) is 45.3 Å². The van der Waals surface area contributed by atoms with E-state index in [1.807, 2.05) is 0 Å². The van der Waals surface area contributed by atoms with Gasteiger partial charge in [-0.1, -0.05) is 41.4 Å². The van der Waals surface area contributed by atoms with Crippen LogP contribution < -0.4 is 5.32 Å². The van der Waals surface area contributed by atoms with Gasteiger partial charge < -0.3 is 14.6 Å². The van der Waals surface area contributed by atoms with E-state index in [0.717, 1.165) is 41.8 Å². The lowest BCUT2D eigenvalue weighted by molar-refractivity contribution is -0.132. The Labute approximate surface area is 235 Å². The Morgan fingerprint density at radius 2 is 1.92 bits per heavy atom. The first-order valence-corrected chi connectivity index (χ1v) is 13.7. The second-order valence-electron chi connectivity index (χ2n) is 8.88. The van der Waals surface area contributed by atoms with Crippen molar-refractivity contribution in [3.63, 3.8) is 0 Å². The number of nitrogens with zero attached hydrogens (tertiary/aromatic N) is 1. The Morgan fingerprint density at radius 1 is 1.16 bits per heavy atom. The highest BCUT2D eigenvalue weighted by Gasteiger charge is 2.24. The molecule has 0 saturated heterocycles. The van der Waals surface area contributed by atoms with E-state index in [9.17, 15) is 9.59 Å². The molecule has 1 heterocycles. The van der Waals surface area contributed by atoms with Crippen molar-refractivity contribution in [3.05, 3.63) is 73.1 Å². The molecule has 1 aliphatic rings. The zero-order valence-electron chi connectivity index (χ0n) is 21.1. The van der Waals surface area contributed by atoms with Gasteiger partial charge in [-0.3, -0.25) is 10.1 Å². The molecule has 10 heteroatoms. The van der Waals surface area contributed by atoms with E-state index in [-0.39, 0.29) is 21.2 Å². The predicted molar refractivity (Wildman–Crippen MR) is 152 cm³/mol. The van der Waals surface area contributed by atoms with Crippen molar-refractivity contribution in [1.82, 2.24) is 4.98 Å². The molecule has 2 N–H and O–H groups in total. The normalized spacial score (nSPS) is 12.7. The Hall–Kier alpha value is -2.75. The maximum atomic E-state index is 13.0. The molecule has 0 spiro atoms. The molecule has 0 unspecified atom stereocenters. The molecule has 0 atom stereocenters. The molecule has 1 aliphatic carbocycles. The molecular formula is C28H28Cl2N2O5S. The van der Waals surface area contributed by atoms with Gasteiger partial charge in [0.2, 0.25) is 0 Å². The second-order valence-corrected chi connectivity index (χ2v) is 10.8. The van der Waals surface area contributed by atoms with Crippen LogP contribution in [0.4, 0.5) is 5.13 Å². The summed E-state index contributed by atoms with van der Waals surface area (Å²) < 4.78 is 10.6. The van der Waals surface area contributed by atoms with Crippen molar-refractivity contribution in [2.24, 2.45) is 0 Å². The molecule has 0 aliphatic heterocycles. The molecule has 200 valence electrons. The first-order chi connectivity index (χ1) is 18.3. The molecule has 0 saturated carbocycles. The summed E-state index contributed by atoms with van der Waals surface area (Å²) >= 11 is 14.1. The lowest BCUT2D eigenvalue weighted by Gasteiger charge is -2.18. The number of anilines is 1. The third-order valence-electron chi connectivity index (χ3n) is 6.25. The summed E-state index contributed by atoms with van der Waals surface area (Å²) in [6.07, 6.45) is 5.02. The van der Waals surface area contributed by atoms with Gasteiger partial charge in [-0.05, 0) is 61.9 Å². The number of aliphatic carboxylic acids is 1. The number of fused-ring (bicyclic) bond motifs is 3. The van der Waals surface area contributed by atoms with E-state index in [2.05, 4.69) is 23.5 Å². The number of halogens is 2. The molecule has 7 nitrogen and oxygen atoms in total. The van der Waals surface area contributed by atoms with Crippen LogP contribution in [0.5, 0.6) is 0 Å². The van der Waals surface area contributed by atoms with Crippen LogP contribution in [0.25, 0.3) is 17.3 Å². The van der Waals surface area contributed by atoms with Gasteiger partial charge in [0.1, 0.15) is 0 Å². The Bertz CT molecular complexity index is 1360. The summed E-state index contributed by atoms with van der Waals surface area (Å²) in [4.78, 5) is 30.0. The number of methoxy groups -OCH3 is 1. The van der Waals surface area contributed by atoms with Gasteiger partial charge in [0, 0.05) is 40.9 Å². The number of hydrogen-bond donors (Lipinski definition) is 2.